The Kier molecular flexibility index (Phi) is 5.47. The van der Waals surface area contributed by atoms with Crippen LogP contribution in [-0.4, -0.2) is 24.8 Å². The summed E-state index contributed by atoms with van der Waals surface area (Å²) in [5, 5.41) is 8.40. The summed E-state index contributed by atoms with van der Waals surface area (Å²) in [6, 6.07) is 0. The predicted octanol–water partition coefficient (Wildman–Crippen LogP) is 0.734. The lowest BCUT2D eigenvalue weighted by Gasteiger charge is -2.02. The van der Waals surface area contributed by atoms with E-state index >= 15 is 0 Å². The maximum atomic E-state index is 10.7. The number of carbonyl (C=O) groups excluding carboxylic acids is 1. The average molecular weight is 158 g/mol. The van der Waals surface area contributed by atoms with Gasteiger partial charge in [-0.15, -0.1) is 0 Å². The van der Waals surface area contributed by atoms with Crippen LogP contribution >= 0.6 is 0 Å². The van der Waals surface area contributed by atoms with Crippen LogP contribution in [0.4, 0.5) is 0 Å². The molecule has 0 aromatic heterocycles. The molecule has 1 atom stereocenters. The quantitative estimate of drug-likeness (QED) is 0.484. The largest absolute Gasteiger partial charge is 0.469 e. The minimum atomic E-state index is -0.222. The summed E-state index contributed by atoms with van der Waals surface area (Å²) in [6.45, 7) is 1.91. The van der Waals surface area contributed by atoms with Crippen molar-refractivity contribution in [1.82, 2.24) is 0 Å². The van der Waals surface area contributed by atoms with E-state index in [2.05, 4.69) is 4.74 Å². The minimum absolute atomic E-state index is 0.0194. The Morgan fingerprint density at radius 3 is 2.82 bits per heavy atom. The van der Waals surface area contributed by atoms with Crippen LogP contribution < -0.4 is 0 Å². The summed E-state index contributed by atoms with van der Waals surface area (Å²) in [7, 11) is 1.37. The molecule has 0 spiro atoms. The van der Waals surface area contributed by atoms with Crippen LogP contribution in [0.15, 0.2) is 12.2 Å². The fourth-order valence-corrected chi connectivity index (χ4v) is 0.707. The third-order valence-electron chi connectivity index (χ3n) is 1.29. The van der Waals surface area contributed by atoms with Gasteiger partial charge in [-0.05, 0) is 5.92 Å². The van der Waals surface area contributed by atoms with E-state index in [1.807, 2.05) is 6.92 Å². The van der Waals surface area contributed by atoms with Crippen LogP contribution in [-0.2, 0) is 9.53 Å². The molecule has 0 aromatic carbocycles. The molecule has 0 aliphatic heterocycles. The molecule has 0 rings (SSSR count). The Labute approximate surface area is 66.7 Å². The maximum Gasteiger partial charge on any atom is 0.306 e. The highest BCUT2D eigenvalue weighted by molar-refractivity contribution is 5.69. The molecule has 3 heteroatoms. The number of ether oxygens (including phenoxy) is 1. The highest BCUT2D eigenvalue weighted by atomic mass is 16.5. The lowest BCUT2D eigenvalue weighted by Crippen LogP contribution is -2.05. The van der Waals surface area contributed by atoms with Crippen molar-refractivity contribution >= 4 is 5.97 Å². The van der Waals surface area contributed by atoms with Crippen LogP contribution in [0.3, 0.4) is 0 Å². The molecule has 0 saturated heterocycles. The van der Waals surface area contributed by atoms with E-state index in [4.69, 9.17) is 5.11 Å². The predicted molar refractivity (Wildman–Crippen MR) is 42.0 cm³/mol. The topological polar surface area (TPSA) is 46.5 Å². The number of methoxy groups -OCH3 is 1. The third kappa shape index (κ3) is 5.61. The molecular formula is C8H14O3. The molecule has 0 amide bonds. The van der Waals surface area contributed by atoms with Gasteiger partial charge in [0.2, 0.25) is 0 Å². The molecule has 0 heterocycles. The van der Waals surface area contributed by atoms with Crippen molar-refractivity contribution in [3.05, 3.63) is 12.2 Å². The zero-order valence-corrected chi connectivity index (χ0v) is 6.91. The zero-order valence-electron chi connectivity index (χ0n) is 6.91. The SMILES string of the molecule is COC(=O)C[C@@H](C)/C=C/CO. The van der Waals surface area contributed by atoms with Gasteiger partial charge in [0.15, 0.2) is 0 Å². The van der Waals surface area contributed by atoms with Crippen LogP contribution in [0.1, 0.15) is 13.3 Å². The molecule has 0 unspecified atom stereocenters. The third-order valence-corrected chi connectivity index (χ3v) is 1.29. The van der Waals surface area contributed by atoms with Gasteiger partial charge in [0.25, 0.3) is 0 Å². The van der Waals surface area contributed by atoms with Crippen molar-refractivity contribution in [1.29, 1.82) is 0 Å². The van der Waals surface area contributed by atoms with Crippen LogP contribution in [0.2, 0.25) is 0 Å². The Morgan fingerprint density at radius 2 is 2.36 bits per heavy atom. The monoisotopic (exact) mass is 158 g/mol. The number of hydrogen-bond donors (Lipinski definition) is 1. The van der Waals surface area contributed by atoms with Gasteiger partial charge in [-0.25, -0.2) is 0 Å². The molecule has 11 heavy (non-hydrogen) atoms. The average Bonchev–Trinajstić information content (AvgIpc) is 2.00. The summed E-state index contributed by atoms with van der Waals surface area (Å²) in [5.41, 5.74) is 0. The number of allylic oxidation sites excluding steroid dienone is 1. The normalized spacial score (nSPS) is 13.4. The Balaban J connectivity index is 3.59. The van der Waals surface area contributed by atoms with E-state index in [1.165, 1.54) is 7.11 Å². The minimum Gasteiger partial charge on any atom is -0.469 e. The molecule has 0 aromatic rings. The summed E-state index contributed by atoms with van der Waals surface area (Å²) < 4.78 is 4.47. The van der Waals surface area contributed by atoms with Gasteiger partial charge < -0.3 is 9.84 Å². The fraction of sp³-hybridized carbons (Fsp3) is 0.625. The second-order valence-corrected chi connectivity index (χ2v) is 2.37. The van der Waals surface area contributed by atoms with Crippen molar-refractivity contribution < 1.29 is 14.6 Å². The van der Waals surface area contributed by atoms with Gasteiger partial charge in [0, 0.05) is 0 Å². The van der Waals surface area contributed by atoms with Crippen LogP contribution in [0.5, 0.6) is 0 Å². The first kappa shape index (κ1) is 10.2. The molecule has 0 saturated carbocycles. The standard InChI is InChI=1S/C8H14O3/c1-7(4-3-5-9)6-8(10)11-2/h3-4,7,9H,5-6H2,1-2H3/b4-3+/t7-/m0/s1. The van der Waals surface area contributed by atoms with E-state index in [0.717, 1.165) is 0 Å². The van der Waals surface area contributed by atoms with Gasteiger partial charge in [-0.3, -0.25) is 4.79 Å². The number of esters is 1. The highest BCUT2D eigenvalue weighted by Gasteiger charge is 2.04. The van der Waals surface area contributed by atoms with E-state index in [-0.39, 0.29) is 18.5 Å². The van der Waals surface area contributed by atoms with Crippen LogP contribution in [0, 0.1) is 5.92 Å². The van der Waals surface area contributed by atoms with Crippen LogP contribution in [0.25, 0.3) is 0 Å². The molecule has 0 fully saturated rings. The first-order valence-corrected chi connectivity index (χ1v) is 3.55. The number of aliphatic hydroxyl groups is 1. The van der Waals surface area contributed by atoms with Crippen molar-refractivity contribution in [2.45, 2.75) is 13.3 Å². The number of aliphatic hydroxyl groups excluding tert-OH is 1. The van der Waals surface area contributed by atoms with E-state index in [1.54, 1.807) is 12.2 Å². The van der Waals surface area contributed by atoms with Gasteiger partial charge >= 0.3 is 5.97 Å². The van der Waals surface area contributed by atoms with Gasteiger partial charge in [0.1, 0.15) is 0 Å². The van der Waals surface area contributed by atoms with Crippen molar-refractivity contribution in [3.8, 4) is 0 Å². The Morgan fingerprint density at radius 1 is 1.73 bits per heavy atom. The van der Waals surface area contributed by atoms with Gasteiger partial charge in [-0.2, -0.15) is 0 Å². The summed E-state index contributed by atoms with van der Waals surface area (Å²) in [5.74, 6) is -0.0883. The summed E-state index contributed by atoms with van der Waals surface area (Å²) in [4.78, 5) is 10.7. The first-order valence-electron chi connectivity index (χ1n) is 3.55. The second kappa shape index (κ2) is 5.92. The number of hydrogen-bond acceptors (Lipinski definition) is 3. The Hall–Kier alpha value is -0.830. The smallest absolute Gasteiger partial charge is 0.306 e. The molecule has 0 aliphatic rings. The molecular weight excluding hydrogens is 144 g/mol. The lowest BCUT2D eigenvalue weighted by molar-refractivity contribution is -0.141. The maximum absolute atomic E-state index is 10.7. The second-order valence-electron chi connectivity index (χ2n) is 2.37. The zero-order chi connectivity index (χ0) is 8.69. The van der Waals surface area contributed by atoms with E-state index in [9.17, 15) is 4.79 Å². The molecule has 0 bridgehead atoms. The van der Waals surface area contributed by atoms with Gasteiger partial charge in [-0.1, -0.05) is 19.1 Å². The van der Waals surface area contributed by atoms with Crippen molar-refractivity contribution in [2.75, 3.05) is 13.7 Å². The number of carbonyl (C=O) groups is 1. The van der Waals surface area contributed by atoms with E-state index in [0.29, 0.717) is 6.42 Å². The Bertz CT molecular complexity index is 140. The van der Waals surface area contributed by atoms with Crippen molar-refractivity contribution in [3.63, 3.8) is 0 Å². The number of rotatable bonds is 4. The van der Waals surface area contributed by atoms with Crippen molar-refractivity contribution in [2.24, 2.45) is 5.92 Å². The van der Waals surface area contributed by atoms with Gasteiger partial charge in [0.05, 0.1) is 20.1 Å². The van der Waals surface area contributed by atoms with E-state index < -0.39 is 0 Å². The summed E-state index contributed by atoms with van der Waals surface area (Å²) in [6.07, 6.45) is 3.78. The molecule has 64 valence electrons. The fourth-order valence-electron chi connectivity index (χ4n) is 0.707. The molecule has 1 N–H and O–H groups in total. The first-order chi connectivity index (χ1) is 5.20. The lowest BCUT2D eigenvalue weighted by atomic mass is 10.1. The molecule has 0 aliphatic carbocycles. The summed E-state index contributed by atoms with van der Waals surface area (Å²) >= 11 is 0. The molecule has 0 radical (unpaired) electrons. The molecule has 3 nitrogen and oxygen atoms in total. The highest BCUT2D eigenvalue weighted by Crippen LogP contribution is 2.03.